The summed E-state index contributed by atoms with van der Waals surface area (Å²) in [5.74, 6) is 0. The number of carbonyl (C=O) groups excluding carboxylic acids is 2. The minimum atomic E-state index is -0.500. The van der Waals surface area contributed by atoms with Crippen molar-refractivity contribution in [2.45, 2.75) is 6.54 Å². The lowest BCUT2D eigenvalue weighted by Crippen LogP contribution is -2.29. The molecule has 2 heterocycles. The van der Waals surface area contributed by atoms with Crippen molar-refractivity contribution in [1.29, 1.82) is 0 Å². The van der Waals surface area contributed by atoms with Crippen LogP contribution < -0.4 is 19.3 Å². The van der Waals surface area contributed by atoms with Gasteiger partial charge >= 0.3 is 0 Å². The number of hydrogen-bond acceptors (Lipinski definition) is 4. The van der Waals surface area contributed by atoms with Gasteiger partial charge in [-0.1, -0.05) is 12.7 Å². The zero-order chi connectivity index (χ0) is 17.4. The molecule has 2 rings (SSSR count). The fourth-order valence-electron chi connectivity index (χ4n) is 1.33. The average molecular weight is 310 g/mol. The van der Waals surface area contributed by atoms with Crippen molar-refractivity contribution < 1.29 is 28.9 Å². The van der Waals surface area contributed by atoms with E-state index >= 15 is 0 Å². The van der Waals surface area contributed by atoms with Crippen molar-refractivity contribution in [3.05, 3.63) is 50.1 Å². The third-order valence-corrected chi connectivity index (χ3v) is 2.06. The summed E-state index contributed by atoms with van der Waals surface area (Å²) in [4.78, 5) is 16.5. The second-order valence-corrected chi connectivity index (χ2v) is 4.00. The monoisotopic (exact) mass is 310 g/mol. The molecule has 2 aromatic heterocycles. The highest BCUT2D eigenvalue weighted by Crippen LogP contribution is 1.76. The van der Waals surface area contributed by atoms with Crippen LogP contribution in [0.5, 0.6) is 0 Å². The molecule has 2 aromatic rings. The maximum Gasteiger partial charge on any atom is 0.243 e. The van der Waals surface area contributed by atoms with E-state index in [1.165, 1.54) is 0 Å². The first-order valence-corrected chi connectivity index (χ1v) is 6.15. The summed E-state index contributed by atoms with van der Waals surface area (Å²) in [6, 6.07) is 0. The van der Waals surface area contributed by atoms with Gasteiger partial charge in [0.15, 0.2) is 0 Å². The van der Waals surface area contributed by atoms with Gasteiger partial charge in [-0.05, 0) is 0 Å². The molecule has 0 amide bonds. The van der Waals surface area contributed by atoms with E-state index in [-0.39, 0.29) is 0 Å². The Balaban J connectivity index is 0. The summed E-state index contributed by atoms with van der Waals surface area (Å²) < 4.78 is 8.07. The first kappa shape index (κ1) is 21.4. The van der Waals surface area contributed by atoms with Crippen LogP contribution in [0.25, 0.3) is 0 Å². The topological polar surface area (TPSA) is 97.9 Å². The van der Waals surface area contributed by atoms with Gasteiger partial charge in [-0.2, -0.15) is 0 Å². The predicted molar refractivity (Wildman–Crippen MR) is 74.5 cm³/mol. The molecule has 0 atom stereocenters. The number of aromatic nitrogens is 4. The second kappa shape index (κ2) is 14.5. The highest BCUT2D eigenvalue weighted by molar-refractivity contribution is 5.29. The van der Waals surface area contributed by atoms with Crippen molar-refractivity contribution in [3.8, 4) is 0 Å². The first-order chi connectivity index (χ1) is 10.4. The molecule has 22 heavy (non-hydrogen) atoms. The number of carbonyl (C=O) groups is 2. The molecule has 0 unspecified atom stereocenters. The Bertz CT molecular complexity index is 512. The standard InChI is InChI=1S/C7H11N2.C5H9N2.2CH2O2/c1-3-4-9-6-5-8(2)7-9;1-6-3-4-7(2)5-6;2*2-1-3/h3,5-7H,1,4H2,2H3;3-5H,1-2H3;2*1H,(H,2,3)/q2*+1;;/p-2. The molecule has 0 N–H and O–H groups in total. The zero-order valence-corrected chi connectivity index (χ0v) is 13.0. The highest BCUT2D eigenvalue weighted by Gasteiger charge is 1.93. The fraction of sp³-hybridized carbons (Fsp3) is 0.286. The minimum absolute atomic E-state index is 0.500. The van der Waals surface area contributed by atoms with Gasteiger partial charge in [0, 0.05) is 12.9 Å². The number of carboxylic acid groups (broad SMARTS) is 2. The smallest absolute Gasteiger partial charge is 0.243 e. The maximum atomic E-state index is 8.25. The highest BCUT2D eigenvalue weighted by atomic mass is 16.3. The Morgan fingerprint density at radius 1 is 1.05 bits per heavy atom. The normalized spacial score (nSPS) is 7.95. The van der Waals surface area contributed by atoms with Crippen molar-refractivity contribution in [3.63, 3.8) is 0 Å². The lowest BCUT2D eigenvalue weighted by molar-refractivity contribution is -0.686. The summed E-state index contributed by atoms with van der Waals surface area (Å²) in [5.41, 5.74) is 0. The third kappa shape index (κ3) is 13.5. The molecular formula is C14H22N4O4. The van der Waals surface area contributed by atoms with E-state index in [4.69, 9.17) is 19.8 Å². The molecule has 0 saturated carbocycles. The molecule has 122 valence electrons. The Morgan fingerprint density at radius 2 is 1.50 bits per heavy atom. The predicted octanol–water partition coefficient (Wildman–Crippen LogP) is -2.92. The largest absolute Gasteiger partial charge is 0.554 e. The van der Waals surface area contributed by atoms with Crippen LogP contribution >= 0.6 is 0 Å². The summed E-state index contributed by atoms with van der Waals surface area (Å²) in [6.45, 7) is 3.52. The van der Waals surface area contributed by atoms with Crippen LogP contribution in [0.4, 0.5) is 0 Å². The van der Waals surface area contributed by atoms with Crippen molar-refractivity contribution in [2.24, 2.45) is 21.1 Å². The average Bonchev–Trinajstić information content (AvgIpc) is 3.01. The summed E-state index contributed by atoms with van der Waals surface area (Å²) >= 11 is 0. The van der Waals surface area contributed by atoms with Crippen LogP contribution in [-0.4, -0.2) is 22.1 Å². The molecule has 0 spiro atoms. The Hall–Kier alpha value is -2.90. The van der Waals surface area contributed by atoms with Crippen LogP contribution in [0.3, 0.4) is 0 Å². The molecule has 0 saturated heterocycles. The Kier molecular flexibility index (Phi) is 14.1. The summed E-state index contributed by atoms with van der Waals surface area (Å²) in [6.07, 6.45) is 13.9. The molecule has 0 aliphatic rings. The minimum Gasteiger partial charge on any atom is -0.554 e. The van der Waals surface area contributed by atoms with E-state index in [0.29, 0.717) is 0 Å². The maximum absolute atomic E-state index is 8.25. The van der Waals surface area contributed by atoms with Gasteiger partial charge in [0.25, 0.3) is 0 Å². The number of imidazole rings is 2. The lowest BCUT2D eigenvalue weighted by atomic mass is 10.6. The zero-order valence-electron chi connectivity index (χ0n) is 13.0. The molecular weight excluding hydrogens is 288 g/mol. The fourth-order valence-corrected chi connectivity index (χ4v) is 1.33. The summed E-state index contributed by atoms with van der Waals surface area (Å²) in [7, 11) is 6.00. The SMILES string of the molecule is C=CC[n+]1ccn(C)c1.Cn1cc[n+](C)c1.O=C[O-].O=C[O-]. The third-order valence-electron chi connectivity index (χ3n) is 2.06. The van der Waals surface area contributed by atoms with E-state index in [0.717, 1.165) is 6.54 Å². The van der Waals surface area contributed by atoms with E-state index in [2.05, 4.69) is 11.1 Å². The molecule has 0 radical (unpaired) electrons. The van der Waals surface area contributed by atoms with Gasteiger partial charge in [0.05, 0.1) is 21.1 Å². The van der Waals surface area contributed by atoms with Crippen LogP contribution in [-0.2, 0) is 37.3 Å². The summed E-state index contributed by atoms with van der Waals surface area (Å²) in [5, 5.41) is 16.5. The Morgan fingerprint density at radius 3 is 1.73 bits per heavy atom. The number of hydrogen-bond donors (Lipinski definition) is 0. The quantitative estimate of drug-likeness (QED) is 0.337. The van der Waals surface area contributed by atoms with Gasteiger partial charge in [0.1, 0.15) is 31.3 Å². The van der Waals surface area contributed by atoms with Gasteiger partial charge < -0.3 is 19.8 Å². The second-order valence-electron chi connectivity index (χ2n) is 4.00. The van der Waals surface area contributed by atoms with Crippen LogP contribution in [0, 0.1) is 0 Å². The van der Waals surface area contributed by atoms with E-state index in [9.17, 15) is 0 Å². The molecule has 0 aliphatic carbocycles. The molecule has 0 aliphatic heterocycles. The molecule has 0 bridgehead atoms. The molecule has 0 fully saturated rings. The van der Waals surface area contributed by atoms with Crippen LogP contribution in [0.1, 0.15) is 0 Å². The van der Waals surface area contributed by atoms with Crippen molar-refractivity contribution in [2.75, 3.05) is 0 Å². The van der Waals surface area contributed by atoms with Crippen LogP contribution in [0.2, 0.25) is 0 Å². The number of aryl methyl sites for hydroxylation is 3. The van der Waals surface area contributed by atoms with E-state index in [1.807, 2.05) is 78.4 Å². The molecule has 0 aromatic carbocycles. The van der Waals surface area contributed by atoms with Gasteiger partial charge in [-0.25, -0.2) is 18.3 Å². The van der Waals surface area contributed by atoms with E-state index in [1.54, 1.807) is 0 Å². The van der Waals surface area contributed by atoms with Gasteiger partial charge in [0.2, 0.25) is 12.7 Å². The number of allylic oxidation sites excluding steroid dienone is 1. The Labute approximate surface area is 129 Å². The lowest BCUT2D eigenvalue weighted by Gasteiger charge is -1.83. The van der Waals surface area contributed by atoms with Gasteiger partial charge in [-0.15, -0.1) is 0 Å². The number of rotatable bonds is 2. The van der Waals surface area contributed by atoms with Crippen molar-refractivity contribution in [1.82, 2.24) is 9.13 Å². The van der Waals surface area contributed by atoms with Gasteiger partial charge in [-0.3, -0.25) is 0 Å². The van der Waals surface area contributed by atoms with E-state index < -0.39 is 12.9 Å². The molecule has 8 heteroatoms. The van der Waals surface area contributed by atoms with Crippen LogP contribution in [0.15, 0.2) is 50.1 Å². The number of nitrogens with zero attached hydrogens (tertiary/aromatic N) is 4. The molecule has 8 nitrogen and oxygen atoms in total. The van der Waals surface area contributed by atoms with Crippen molar-refractivity contribution >= 4 is 12.9 Å². The first-order valence-electron chi connectivity index (χ1n) is 6.15.